The van der Waals surface area contributed by atoms with Crippen molar-refractivity contribution < 1.29 is 61.2 Å². The lowest BCUT2D eigenvalue weighted by molar-refractivity contribution is -0.198. The van der Waals surface area contributed by atoms with Gasteiger partial charge in [0.15, 0.2) is 10.8 Å². The minimum absolute atomic E-state index is 0.00531. The summed E-state index contributed by atoms with van der Waals surface area (Å²) in [7, 11) is -4.45. The summed E-state index contributed by atoms with van der Waals surface area (Å²) in [4.78, 5) is 117. The molecule has 6 aliphatic rings. The van der Waals surface area contributed by atoms with Gasteiger partial charge in [-0.1, -0.05) is 81.9 Å². The molecule has 3 aromatic carbocycles. The Morgan fingerprint density at radius 1 is 0.814 bits per heavy atom. The second kappa shape index (κ2) is 31.2. The van der Waals surface area contributed by atoms with Crippen molar-refractivity contribution in [3.8, 4) is 11.1 Å². The lowest BCUT2D eigenvalue weighted by Crippen LogP contribution is -2.60. The summed E-state index contributed by atoms with van der Waals surface area (Å²) in [5.74, 6) is -2.85. The zero-order valence-corrected chi connectivity index (χ0v) is 60.2. The maximum absolute atomic E-state index is 14.0. The number of ether oxygens (including phenoxy) is 1. The van der Waals surface area contributed by atoms with E-state index in [-0.39, 0.29) is 115 Å². The van der Waals surface area contributed by atoms with E-state index in [1.807, 2.05) is 78.9 Å². The van der Waals surface area contributed by atoms with Gasteiger partial charge in [0, 0.05) is 105 Å². The summed E-state index contributed by atoms with van der Waals surface area (Å²) in [6, 6.07) is 22.0. The summed E-state index contributed by atoms with van der Waals surface area (Å²) >= 11 is 1.41. The molecular weight excluding hydrogens is 1340 g/mol. The Hall–Kier alpha value is -9.12. The van der Waals surface area contributed by atoms with Crippen LogP contribution < -0.4 is 37.2 Å². The van der Waals surface area contributed by atoms with Crippen LogP contribution >= 0.6 is 11.3 Å². The van der Waals surface area contributed by atoms with Crippen molar-refractivity contribution in [2.24, 2.45) is 33.3 Å². The van der Waals surface area contributed by atoms with E-state index >= 15 is 0 Å². The van der Waals surface area contributed by atoms with Gasteiger partial charge in [-0.25, -0.2) is 24.4 Å². The Labute approximate surface area is 598 Å². The van der Waals surface area contributed by atoms with E-state index in [1.165, 1.54) is 33.3 Å². The number of unbranched alkanes of at least 4 members (excludes halogenated alkanes) is 2. The maximum Gasteiger partial charge on any atom is 0.410 e. The molecule has 6 aromatic rings. The molecule has 4 bridgehead atoms. The first-order chi connectivity index (χ1) is 48.5. The number of aromatic carboxylic acids is 1. The number of imide groups is 1. The van der Waals surface area contributed by atoms with E-state index < -0.39 is 40.0 Å². The fraction of sp³-hybridized carbons (Fsp3) is 0.500. The molecule has 3 aromatic heterocycles. The summed E-state index contributed by atoms with van der Waals surface area (Å²) in [5.41, 5.74) is 11.2. The van der Waals surface area contributed by atoms with Crippen molar-refractivity contribution in [3.63, 3.8) is 0 Å². The number of primary amides is 1. The topological polar surface area (TPSA) is 360 Å². The standard InChI is InChI=1S/C74H93N13O13S2/c1-47(2)58(80-61(88)19-7-6-10-32-86-62(89)26-27-63(86)90)37-77-57(17-12-30-76-68(75)95)66(92)79-51-22-20-49(21-23-51)39-100-70(96)84(34-35-102(97,98)99)31-13-29-73-41-71(4)40-72(5,42-73)44-74(43-71,45-73)46-87-48(3)54(36-78-87)52-24-25-60(82-64(52)67(93)94)85-33-28-50-14-11-15-53(55(50)38-85)65(91)83-69-81-56-16-8-9-18-59(56)101-69/h8-9,11,14-16,18,20-27,36,47,57-58,77H,6-7,10,12-13,17,19,28-35,37-46H2,1-5H3,(H,79,92)(H,80,88)(H,93,94)(H3,75,76,95)(H,81,83,91)(H,97,98,99)/t57-,58?,71?,72?,73?,74?/m0/s1. The van der Waals surface area contributed by atoms with Crippen molar-refractivity contribution in [1.82, 2.24) is 45.5 Å². The number of amides is 8. The number of para-hydroxylation sites is 1. The van der Waals surface area contributed by atoms with E-state index in [0.717, 1.165) is 72.0 Å². The minimum Gasteiger partial charge on any atom is -0.476 e. The molecule has 0 spiro atoms. The van der Waals surface area contributed by atoms with Crippen molar-refractivity contribution in [2.45, 2.75) is 163 Å². The molecule has 3 unspecified atom stereocenters. The molecule has 8 amide bonds. The first kappa shape index (κ1) is 74.1. The Morgan fingerprint density at radius 3 is 2.25 bits per heavy atom. The largest absolute Gasteiger partial charge is 0.476 e. The Balaban J connectivity index is 0.693. The van der Waals surface area contributed by atoms with Crippen LogP contribution in [0.1, 0.15) is 161 Å². The van der Waals surface area contributed by atoms with Crippen LogP contribution in [-0.2, 0) is 60.2 Å². The van der Waals surface area contributed by atoms with Gasteiger partial charge in [0.1, 0.15) is 12.4 Å². The number of urea groups is 1. The number of nitrogens with one attached hydrogen (secondary N) is 5. The number of pyridine rings is 1. The number of carboxylic acids is 1. The molecule has 4 saturated carbocycles. The van der Waals surface area contributed by atoms with Gasteiger partial charge in [0.2, 0.25) is 11.8 Å². The first-order valence-corrected chi connectivity index (χ1v) is 37.6. The molecular formula is C74H93N13O13S2. The lowest BCUT2D eigenvalue weighted by atomic mass is 9.35. The van der Waals surface area contributed by atoms with Crippen LogP contribution in [0.5, 0.6) is 0 Å². The van der Waals surface area contributed by atoms with E-state index in [4.69, 9.17) is 20.6 Å². The third kappa shape index (κ3) is 18.2. The van der Waals surface area contributed by atoms with E-state index in [2.05, 4.69) is 45.4 Å². The predicted octanol–water partition coefficient (Wildman–Crippen LogP) is 10.0. The average Bonchev–Trinajstić information content (AvgIpc) is 0.700. The highest BCUT2D eigenvalue weighted by Crippen LogP contribution is 2.75. The Morgan fingerprint density at radius 2 is 1.55 bits per heavy atom. The van der Waals surface area contributed by atoms with Gasteiger partial charge in [-0.05, 0) is 177 Å². The Bertz CT molecular complexity index is 4240. The number of rotatable bonds is 33. The van der Waals surface area contributed by atoms with Crippen molar-refractivity contribution in [2.75, 3.05) is 60.6 Å². The number of aromatic nitrogens is 4. The Kier molecular flexibility index (Phi) is 22.7. The zero-order chi connectivity index (χ0) is 72.7. The molecule has 9 N–H and O–H groups in total. The normalized spacial score (nSPS) is 21.1. The van der Waals surface area contributed by atoms with Gasteiger partial charge in [-0.15, -0.1) is 0 Å². The fourth-order valence-electron chi connectivity index (χ4n) is 17.4. The van der Waals surface area contributed by atoms with Crippen molar-refractivity contribution in [1.29, 1.82) is 0 Å². The summed E-state index contributed by atoms with van der Waals surface area (Å²) in [6.45, 7) is 12.7. The number of nitrogens with two attached hydrogens (primary N) is 1. The van der Waals surface area contributed by atoms with E-state index in [1.54, 1.807) is 36.5 Å². The van der Waals surface area contributed by atoms with Crippen LogP contribution in [0.2, 0.25) is 0 Å². The summed E-state index contributed by atoms with van der Waals surface area (Å²) in [5, 5.41) is 31.1. The number of hydrogen-bond acceptors (Lipinski definition) is 17. The van der Waals surface area contributed by atoms with Gasteiger partial charge in [0.05, 0.1) is 28.2 Å². The number of benzene rings is 3. The third-order valence-corrected chi connectivity index (χ3v) is 22.6. The van der Waals surface area contributed by atoms with E-state index in [0.29, 0.717) is 103 Å². The smallest absolute Gasteiger partial charge is 0.410 e. The zero-order valence-electron chi connectivity index (χ0n) is 58.6. The number of carbonyl (C=O) groups excluding carboxylic acids is 7. The van der Waals surface area contributed by atoms with Crippen molar-refractivity contribution >= 4 is 95.9 Å². The molecule has 102 heavy (non-hydrogen) atoms. The van der Waals surface area contributed by atoms with Gasteiger partial charge < -0.3 is 46.6 Å². The van der Waals surface area contributed by atoms with Crippen LogP contribution in [0.4, 0.5) is 26.2 Å². The van der Waals surface area contributed by atoms with Crippen LogP contribution in [-0.4, -0.2) is 152 Å². The molecule has 28 heteroatoms. The second-order valence-corrected chi connectivity index (χ2v) is 32.4. The molecule has 12 rings (SSSR count). The molecule has 4 aliphatic carbocycles. The summed E-state index contributed by atoms with van der Waals surface area (Å²) in [6.07, 6.45) is 14.1. The van der Waals surface area contributed by atoms with Crippen molar-refractivity contribution in [3.05, 3.63) is 131 Å². The number of fused-ring (bicyclic) bond motifs is 2. The van der Waals surface area contributed by atoms with Gasteiger partial charge in [-0.2, -0.15) is 13.5 Å². The molecule has 0 radical (unpaired) electrons. The van der Waals surface area contributed by atoms with Crippen LogP contribution in [0.25, 0.3) is 21.3 Å². The molecule has 544 valence electrons. The number of anilines is 3. The van der Waals surface area contributed by atoms with Crippen LogP contribution in [0, 0.1) is 34.5 Å². The summed E-state index contributed by atoms with van der Waals surface area (Å²) < 4.78 is 43.0. The molecule has 0 saturated heterocycles. The van der Waals surface area contributed by atoms with Crippen LogP contribution in [0.3, 0.4) is 0 Å². The maximum atomic E-state index is 14.0. The quantitative estimate of drug-likeness (QED) is 0.0108. The third-order valence-electron chi connectivity index (χ3n) is 20.9. The number of hydrogen-bond donors (Lipinski definition) is 8. The van der Waals surface area contributed by atoms with Crippen LogP contribution in [0.15, 0.2) is 97.2 Å². The average molecular weight is 1440 g/mol. The highest BCUT2D eigenvalue weighted by molar-refractivity contribution is 7.85. The molecule has 4 fully saturated rings. The fourth-order valence-corrected chi connectivity index (χ4v) is 18.8. The van der Waals surface area contributed by atoms with E-state index in [9.17, 15) is 56.4 Å². The first-order valence-electron chi connectivity index (χ1n) is 35.2. The van der Waals surface area contributed by atoms with Gasteiger partial charge in [0.25, 0.3) is 27.8 Å². The molecule has 26 nitrogen and oxygen atoms in total. The highest BCUT2D eigenvalue weighted by atomic mass is 32.2. The monoisotopic (exact) mass is 1440 g/mol. The predicted molar refractivity (Wildman–Crippen MR) is 387 cm³/mol. The number of nitrogens with zero attached hydrogens (tertiary/aromatic N) is 7. The van der Waals surface area contributed by atoms with Gasteiger partial charge >= 0.3 is 18.1 Å². The second-order valence-electron chi connectivity index (χ2n) is 29.8. The number of carbonyl (C=O) groups is 8. The number of carboxylic acid groups (broad SMARTS) is 1. The lowest BCUT2D eigenvalue weighted by Gasteiger charge is -2.70. The highest BCUT2D eigenvalue weighted by Gasteiger charge is 2.65. The molecule has 4 atom stereocenters. The van der Waals surface area contributed by atoms with Gasteiger partial charge in [-0.3, -0.25) is 43.4 Å². The SMILES string of the molecule is Cc1c(-c2ccc(N3CCc4cccc(C(=O)Nc5nc6ccccc6s5)c4C3)nc2C(=O)O)cnn1CC12CC3(C)CC(C)(CC(CCCN(CCS(=O)(=O)O)C(=O)OCc4ccc(NC(=O)[C@H](CCCNC(N)=O)NCC(NC(=O)CCCCCN5C(=O)C=CC5=O)C(C)C)cc4)(C3)C1)C2. The molecule has 2 aliphatic heterocycles. The minimum atomic E-state index is -4.45. The number of thiazole rings is 1. The molecule has 5 heterocycles.